The minimum Gasteiger partial charge on any atom is -0.444 e. The van der Waals surface area contributed by atoms with E-state index < -0.39 is 11.7 Å². The van der Waals surface area contributed by atoms with Gasteiger partial charge in [-0.2, -0.15) is 0 Å². The third kappa shape index (κ3) is 6.99. The number of carbonyl (C=O) groups excluding carboxylic acids is 1. The average Bonchev–Trinajstić information content (AvgIpc) is 1.97. The third-order valence-corrected chi connectivity index (χ3v) is 0.996. The van der Waals surface area contributed by atoms with Crippen molar-refractivity contribution < 1.29 is 9.53 Å². The minimum absolute atomic E-state index is 0.0262. The Morgan fingerprint density at radius 3 is 2.46 bits per heavy atom. The minimum atomic E-state index is -0.570. The lowest BCUT2D eigenvalue weighted by Gasteiger charge is -2.19. The molecule has 0 aliphatic rings. The second-order valence-electron chi connectivity index (χ2n) is 3.53. The molecule has 1 amide bonds. The highest BCUT2D eigenvalue weighted by Crippen LogP contribution is 2.05. The van der Waals surface area contributed by atoms with Crippen LogP contribution < -0.4 is 5.32 Å². The highest BCUT2D eigenvalue weighted by atomic mass is 16.6. The van der Waals surface area contributed by atoms with Crippen molar-refractivity contribution in [3.05, 3.63) is 0 Å². The summed E-state index contributed by atoms with van der Waals surface area (Å²) in [5, 5.41) is 16.1. The zero-order chi connectivity index (χ0) is 10.5. The van der Waals surface area contributed by atoms with Crippen LogP contribution in [0.1, 0.15) is 20.8 Å². The number of alkyl carbamates (subject to hydrolysis) is 1. The van der Waals surface area contributed by atoms with Gasteiger partial charge in [0.1, 0.15) is 5.60 Å². The fraction of sp³-hybridized carbons (Fsp3) is 0.625. The molecule has 0 saturated heterocycles. The van der Waals surface area contributed by atoms with Crippen LogP contribution in [-0.4, -0.2) is 30.2 Å². The maximum atomic E-state index is 11.0. The predicted molar refractivity (Wildman–Crippen MR) is 50.7 cm³/mol. The second kappa shape index (κ2) is 4.59. The normalized spacial score (nSPS) is 10.4. The van der Waals surface area contributed by atoms with Crippen molar-refractivity contribution in [3.8, 4) is 0 Å². The highest BCUT2D eigenvalue weighted by Gasteiger charge is 2.15. The Labute approximate surface area is 77.5 Å². The number of ether oxygens (including phenoxy) is 1. The first-order chi connectivity index (χ1) is 5.85. The van der Waals surface area contributed by atoms with Gasteiger partial charge in [-0.3, -0.25) is 0 Å². The lowest BCUT2D eigenvalue weighted by atomic mass is 10.2. The quantitative estimate of drug-likeness (QED) is 0.576. The SMILES string of the molecule is CC(C)(C)OC(=O)NCC(=N)C=N. The lowest BCUT2D eigenvalue weighted by molar-refractivity contribution is 0.0536. The third-order valence-electron chi connectivity index (χ3n) is 0.996. The molecule has 0 aromatic heterocycles. The molecule has 0 aromatic carbocycles. The summed E-state index contributed by atoms with van der Waals surface area (Å²) in [6.07, 6.45) is 0.302. The summed E-state index contributed by atoms with van der Waals surface area (Å²) in [5.41, 5.74) is -0.498. The van der Waals surface area contributed by atoms with Crippen molar-refractivity contribution in [1.82, 2.24) is 5.32 Å². The second-order valence-corrected chi connectivity index (χ2v) is 3.53. The van der Waals surface area contributed by atoms with E-state index in [4.69, 9.17) is 15.6 Å². The van der Waals surface area contributed by atoms with Gasteiger partial charge in [-0.1, -0.05) is 0 Å². The van der Waals surface area contributed by atoms with E-state index >= 15 is 0 Å². The molecule has 5 heteroatoms. The van der Waals surface area contributed by atoms with Gasteiger partial charge < -0.3 is 20.9 Å². The van der Waals surface area contributed by atoms with Gasteiger partial charge in [-0.05, 0) is 20.8 Å². The van der Waals surface area contributed by atoms with Gasteiger partial charge >= 0.3 is 6.09 Å². The number of hydrogen-bond donors (Lipinski definition) is 3. The molecule has 0 saturated carbocycles. The van der Waals surface area contributed by atoms with Gasteiger partial charge in [0.05, 0.1) is 12.3 Å². The van der Waals surface area contributed by atoms with Crippen LogP contribution in [0.2, 0.25) is 0 Å². The van der Waals surface area contributed by atoms with E-state index in [1.165, 1.54) is 0 Å². The maximum Gasteiger partial charge on any atom is 0.407 e. The fourth-order valence-electron chi connectivity index (χ4n) is 0.533. The molecule has 0 aromatic rings. The lowest BCUT2D eigenvalue weighted by Crippen LogP contribution is -2.35. The Morgan fingerprint density at radius 2 is 2.08 bits per heavy atom. The van der Waals surface area contributed by atoms with Gasteiger partial charge in [0.2, 0.25) is 0 Å². The van der Waals surface area contributed by atoms with Gasteiger partial charge in [0, 0.05) is 6.21 Å². The van der Waals surface area contributed by atoms with E-state index in [2.05, 4.69) is 5.32 Å². The molecule has 74 valence electrons. The van der Waals surface area contributed by atoms with Crippen molar-refractivity contribution in [2.75, 3.05) is 6.54 Å². The largest absolute Gasteiger partial charge is 0.444 e. The number of carbonyl (C=O) groups is 1. The maximum absolute atomic E-state index is 11.0. The molecule has 5 nitrogen and oxygen atoms in total. The molecular formula is C8H15N3O2. The van der Waals surface area contributed by atoms with Crippen molar-refractivity contribution in [1.29, 1.82) is 10.8 Å². The zero-order valence-corrected chi connectivity index (χ0v) is 8.10. The molecule has 0 atom stereocenters. The molecule has 0 aliphatic carbocycles. The van der Waals surface area contributed by atoms with Crippen LogP contribution in [0, 0.1) is 10.8 Å². The molecule has 0 radical (unpaired) electrons. The summed E-state index contributed by atoms with van der Waals surface area (Å²) in [7, 11) is 0. The number of amides is 1. The summed E-state index contributed by atoms with van der Waals surface area (Å²) in [5.74, 6) is 0. The van der Waals surface area contributed by atoms with Crippen LogP contribution in [-0.2, 0) is 4.74 Å². The number of hydrogen-bond acceptors (Lipinski definition) is 4. The Hall–Kier alpha value is -1.39. The van der Waals surface area contributed by atoms with Crippen LogP contribution in [0.15, 0.2) is 0 Å². The smallest absolute Gasteiger partial charge is 0.407 e. The predicted octanol–water partition coefficient (Wildman–Crippen LogP) is 1.18. The van der Waals surface area contributed by atoms with Crippen LogP contribution >= 0.6 is 0 Å². The molecule has 3 N–H and O–H groups in total. The van der Waals surface area contributed by atoms with Crippen molar-refractivity contribution in [2.45, 2.75) is 26.4 Å². The molecule has 0 heterocycles. The van der Waals surface area contributed by atoms with Gasteiger partial charge in [0.15, 0.2) is 0 Å². The average molecular weight is 185 g/mol. The van der Waals surface area contributed by atoms with Gasteiger partial charge in [0.25, 0.3) is 0 Å². The Balaban J connectivity index is 3.77. The summed E-state index contributed by atoms with van der Waals surface area (Å²) in [6, 6.07) is 0. The molecule has 13 heavy (non-hydrogen) atoms. The monoisotopic (exact) mass is 185 g/mol. The van der Waals surface area contributed by atoms with Crippen molar-refractivity contribution in [2.24, 2.45) is 0 Å². The van der Waals surface area contributed by atoms with E-state index in [1.54, 1.807) is 20.8 Å². The standard InChI is InChI=1S/C8H15N3O2/c1-8(2,3)13-7(12)11-5-6(10)4-9/h4,9-10H,5H2,1-3H3,(H,11,12). The van der Waals surface area contributed by atoms with Crippen LogP contribution in [0.5, 0.6) is 0 Å². The first-order valence-corrected chi connectivity index (χ1v) is 3.90. The van der Waals surface area contributed by atoms with Crippen molar-refractivity contribution >= 4 is 18.0 Å². The Morgan fingerprint density at radius 1 is 1.54 bits per heavy atom. The van der Waals surface area contributed by atoms with E-state index in [-0.39, 0.29) is 12.3 Å². The molecule has 0 fully saturated rings. The first kappa shape index (κ1) is 11.6. The van der Waals surface area contributed by atoms with E-state index in [0.717, 1.165) is 6.21 Å². The van der Waals surface area contributed by atoms with Crippen molar-refractivity contribution in [3.63, 3.8) is 0 Å². The summed E-state index contributed by atoms with van der Waals surface area (Å²) in [4.78, 5) is 11.0. The Kier molecular flexibility index (Phi) is 4.10. The van der Waals surface area contributed by atoms with Crippen LogP contribution in [0.25, 0.3) is 0 Å². The van der Waals surface area contributed by atoms with Crippen LogP contribution in [0.4, 0.5) is 4.79 Å². The first-order valence-electron chi connectivity index (χ1n) is 3.90. The zero-order valence-electron chi connectivity index (χ0n) is 8.10. The fourth-order valence-corrected chi connectivity index (χ4v) is 0.533. The van der Waals surface area contributed by atoms with E-state index in [0.29, 0.717) is 0 Å². The van der Waals surface area contributed by atoms with Crippen LogP contribution in [0.3, 0.4) is 0 Å². The molecule has 0 spiro atoms. The summed E-state index contributed by atoms with van der Waals surface area (Å²) >= 11 is 0. The highest BCUT2D eigenvalue weighted by molar-refractivity contribution is 6.29. The molecular weight excluding hydrogens is 170 g/mol. The summed E-state index contributed by atoms with van der Waals surface area (Å²) < 4.78 is 4.91. The van der Waals surface area contributed by atoms with Gasteiger partial charge in [-0.15, -0.1) is 0 Å². The molecule has 0 unspecified atom stereocenters. The molecule has 0 rings (SSSR count). The molecule has 0 bridgehead atoms. The summed E-state index contributed by atoms with van der Waals surface area (Å²) in [6.45, 7) is 5.30. The number of nitrogens with one attached hydrogen (secondary N) is 3. The van der Waals surface area contributed by atoms with E-state index in [1.807, 2.05) is 0 Å². The number of rotatable bonds is 3. The van der Waals surface area contributed by atoms with Gasteiger partial charge in [-0.25, -0.2) is 4.79 Å². The molecule has 0 aliphatic heterocycles. The Bertz CT molecular complexity index is 218. The topological polar surface area (TPSA) is 86.0 Å². The van der Waals surface area contributed by atoms with E-state index in [9.17, 15) is 4.79 Å².